The highest BCUT2D eigenvalue weighted by Gasteiger charge is 2.48. The Morgan fingerprint density at radius 3 is 3.06 bits per heavy atom. The summed E-state index contributed by atoms with van der Waals surface area (Å²) in [5.74, 6) is -0.725. The van der Waals surface area contributed by atoms with Gasteiger partial charge in [-0.2, -0.15) is 0 Å². The molecular weight excluding hydrogens is 416 g/mol. The van der Waals surface area contributed by atoms with Crippen LogP contribution in [0.15, 0.2) is 48.2 Å². The molecule has 1 aromatic carbocycles. The van der Waals surface area contributed by atoms with Crippen molar-refractivity contribution in [1.82, 2.24) is 20.2 Å². The summed E-state index contributed by atoms with van der Waals surface area (Å²) in [5, 5.41) is 2.88. The van der Waals surface area contributed by atoms with Crippen molar-refractivity contribution in [2.24, 2.45) is 0 Å². The molecule has 3 aromatic rings. The van der Waals surface area contributed by atoms with Crippen LogP contribution in [0.4, 0.5) is 0 Å². The van der Waals surface area contributed by atoms with Gasteiger partial charge in [-0.1, -0.05) is 6.07 Å². The Kier molecular flexibility index (Phi) is 5.21. The lowest BCUT2D eigenvalue weighted by Gasteiger charge is -2.27. The SMILES string of the molecule is O=C(NC(Cc1cccnc1)C(=O)N1CCC2OCC(=O)C21)c1ccc2scnc2c1. The number of pyridine rings is 1. The van der Waals surface area contributed by atoms with Crippen molar-refractivity contribution in [2.45, 2.75) is 31.0 Å². The van der Waals surface area contributed by atoms with E-state index in [0.29, 0.717) is 18.5 Å². The topological polar surface area (TPSA) is 101 Å². The number of nitrogens with one attached hydrogen (secondary N) is 1. The average molecular weight is 436 g/mol. The van der Waals surface area contributed by atoms with Crippen LogP contribution < -0.4 is 5.32 Å². The number of amides is 2. The van der Waals surface area contributed by atoms with Crippen LogP contribution in [0.2, 0.25) is 0 Å². The fourth-order valence-electron chi connectivity index (χ4n) is 4.24. The van der Waals surface area contributed by atoms with Crippen LogP contribution in [0.1, 0.15) is 22.3 Å². The van der Waals surface area contributed by atoms with Crippen LogP contribution in [0.5, 0.6) is 0 Å². The first-order valence-corrected chi connectivity index (χ1v) is 11.0. The Morgan fingerprint density at radius 1 is 1.32 bits per heavy atom. The largest absolute Gasteiger partial charge is 0.368 e. The number of carbonyl (C=O) groups is 3. The number of likely N-dealkylation sites (tertiary alicyclic amines) is 1. The van der Waals surface area contributed by atoms with Gasteiger partial charge in [0.05, 0.1) is 21.8 Å². The first-order valence-electron chi connectivity index (χ1n) is 10.1. The Morgan fingerprint density at radius 2 is 2.23 bits per heavy atom. The van der Waals surface area contributed by atoms with E-state index in [1.807, 2.05) is 12.1 Å². The highest BCUT2D eigenvalue weighted by molar-refractivity contribution is 7.16. The number of aromatic nitrogens is 2. The number of rotatable bonds is 5. The minimum Gasteiger partial charge on any atom is -0.368 e. The molecule has 9 heteroatoms. The van der Waals surface area contributed by atoms with Gasteiger partial charge in [-0.3, -0.25) is 19.4 Å². The molecule has 2 aliphatic rings. The molecule has 1 N–H and O–H groups in total. The van der Waals surface area contributed by atoms with Gasteiger partial charge in [0.25, 0.3) is 5.91 Å². The lowest BCUT2D eigenvalue weighted by Crippen LogP contribution is -2.53. The number of ketones is 1. The molecule has 2 aromatic heterocycles. The zero-order valence-corrected chi connectivity index (χ0v) is 17.4. The highest BCUT2D eigenvalue weighted by Crippen LogP contribution is 2.28. The van der Waals surface area contributed by atoms with Gasteiger partial charge in [0.15, 0.2) is 5.78 Å². The van der Waals surface area contributed by atoms with Gasteiger partial charge in [0.1, 0.15) is 18.7 Å². The van der Waals surface area contributed by atoms with Gasteiger partial charge in [-0.25, -0.2) is 4.98 Å². The fourth-order valence-corrected chi connectivity index (χ4v) is 4.90. The Labute approximate surface area is 182 Å². The summed E-state index contributed by atoms with van der Waals surface area (Å²) in [7, 11) is 0. The van der Waals surface area contributed by atoms with Gasteiger partial charge < -0.3 is 15.0 Å². The number of benzene rings is 1. The number of fused-ring (bicyclic) bond motifs is 2. The third-order valence-corrected chi connectivity index (χ3v) is 6.56. The molecule has 3 atom stereocenters. The van der Waals surface area contributed by atoms with Crippen LogP contribution in [-0.4, -0.2) is 63.8 Å². The van der Waals surface area contributed by atoms with E-state index in [0.717, 1.165) is 15.8 Å². The van der Waals surface area contributed by atoms with E-state index in [9.17, 15) is 14.4 Å². The summed E-state index contributed by atoms with van der Waals surface area (Å²) in [6, 6.07) is 7.54. The number of hydrogen-bond donors (Lipinski definition) is 1. The fraction of sp³-hybridized carbons (Fsp3) is 0.318. The lowest BCUT2D eigenvalue weighted by atomic mass is 10.0. The molecular formula is C22H20N4O4S. The molecule has 0 aliphatic carbocycles. The van der Waals surface area contributed by atoms with E-state index in [-0.39, 0.29) is 36.7 Å². The van der Waals surface area contributed by atoms with E-state index < -0.39 is 12.1 Å². The summed E-state index contributed by atoms with van der Waals surface area (Å²) < 4.78 is 6.49. The van der Waals surface area contributed by atoms with Crippen LogP contribution in [-0.2, 0) is 20.7 Å². The van der Waals surface area contributed by atoms with Gasteiger partial charge in [0, 0.05) is 30.9 Å². The number of thiazole rings is 1. The number of carbonyl (C=O) groups excluding carboxylic acids is 3. The Balaban J connectivity index is 1.40. The van der Waals surface area contributed by atoms with Crippen molar-refractivity contribution >= 4 is 39.2 Å². The van der Waals surface area contributed by atoms with E-state index in [2.05, 4.69) is 15.3 Å². The normalized spacial score (nSPS) is 21.3. The molecule has 2 aliphatic heterocycles. The van der Waals surface area contributed by atoms with Crippen molar-refractivity contribution in [3.63, 3.8) is 0 Å². The van der Waals surface area contributed by atoms with E-state index >= 15 is 0 Å². The number of ether oxygens (including phenoxy) is 1. The van der Waals surface area contributed by atoms with Crippen molar-refractivity contribution in [1.29, 1.82) is 0 Å². The maximum atomic E-state index is 13.4. The summed E-state index contributed by atoms with van der Waals surface area (Å²) in [5.41, 5.74) is 3.72. The molecule has 5 rings (SSSR count). The lowest BCUT2D eigenvalue weighted by molar-refractivity contribution is -0.138. The molecule has 0 spiro atoms. The van der Waals surface area contributed by atoms with Crippen molar-refractivity contribution in [2.75, 3.05) is 13.2 Å². The minimum absolute atomic E-state index is 0.0341. The Hall–Kier alpha value is -3.17. The molecule has 2 saturated heterocycles. The molecule has 0 saturated carbocycles. The number of Topliss-reactive ketones (excluding diaryl/α,β-unsaturated/α-hetero) is 1. The molecule has 0 radical (unpaired) electrons. The van der Waals surface area contributed by atoms with Gasteiger partial charge in [-0.05, 0) is 36.2 Å². The maximum absolute atomic E-state index is 13.4. The molecule has 158 valence electrons. The minimum atomic E-state index is -0.824. The zero-order chi connectivity index (χ0) is 21.4. The molecule has 3 unspecified atom stereocenters. The number of hydrogen-bond acceptors (Lipinski definition) is 7. The third-order valence-electron chi connectivity index (χ3n) is 5.75. The second-order valence-electron chi connectivity index (χ2n) is 7.71. The average Bonchev–Trinajstić information content (AvgIpc) is 3.51. The quantitative estimate of drug-likeness (QED) is 0.652. The van der Waals surface area contributed by atoms with E-state index in [1.54, 1.807) is 41.0 Å². The highest BCUT2D eigenvalue weighted by atomic mass is 32.1. The molecule has 8 nitrogen and oxygen atoms in total. The van der Waals surface area contributed by atoms with Crippen LogP contribution in [0, 0.1) is 0 Å². The van der Waals surface area contributed by atoms with Crippen molar-refractivity contribution < 1.29 is 19.1 Å². The monoisotopic (exact) mass is 436 g/mol. The molecule has 2 amide bonds. The summed E-state index contributed by atoms with van der Waals surface area (Å²) in [6.07, 6.45) is 3.97. The van der Waals surface area contributed by atoms with Crippen molar-refractivity contribution in [3.05, 3.63) is 59.4 Å². The first kappa shape index (κ1) is 19.8. The van der Waals surface area contributed by atoms with Gasteiger partial charge >= 0.3 is 0 Å². The van der Waals surface area contributed by atoms with Crippen LogP contribution in [0.25, 0.3) is 10.2 Å². The predicted octanol–water partition coefficient (Wildman–Crippen LogP) is 1.60. The predicted molar refractivity (Wildman–Crippen MR) is 114 cm³/mol. The maximum Gasteiger partial charge on any atom is 0.252 e. The zero-order valence-electron chi connectivity index (χ0n) is 16.6. The first-order chi connectivity index (χ1) is 15.1. The smallest absolute Gasteiger partial charge is 0.252 e. The summed E-state index contributed by atoms with van der Waals surface area (Å²) in [6.45, 7) is 0.469. The standard InChI is InChI=1S/C22H20N4O4S/c27-17-11-30-18-5-7-26(20(17)18)22(29)16(8-13-2-1-6-23-10-13)25-21(28)14-3-4-19-15(9-14)24-12-31-19/h1-4,6,9-10,12,16,18,20H,5,7-8,11H2,(H,25,28). The van der Waals surface area contributed by atoms with Crippen molar-refractivity contribution in [3.8, 4) is 0 Å². The van der Waals surface area contributed by atoms with E-state index in [1.165, 1.54) is 11.3 Å². The molecule has 0 bridgehead atoms. The van der Waals surface area contributed by atoms with Gasteiger partial charge in [-0.15, -0.1) is 11.3 Å². The third kappa shape index (κ3) is 3.82. The van der Waals surface area contributed by atoms with Crippen LogP contribution in [0.3, 0.4) is 0 Å². The second-order valence-corrected chi connectivity index (χ2v) is 8.59. The van der Waals surface area contributed by atoms with Crippen LogP contribution >= 0.6 is 11.3 Å². The molecule has 2 fully saturated rings. The number of nitrogens with zero attached hydrogens (tertiary/aromatic N) is 3. The molecule has 31 heavy (non-hydrogen) atoms. The second kappa shape index (κ2) is 8.16. The van der Waals surface area contributed by atoms with Gasteiger partial charge in [0.2, 0.25) is 5.91 Å². The summed E-state index contributed by atoms with van der Waals surface area (Å²) in [4.78, 5) is 48.7. The molecule has 4 heterocycles. The Bertz CT molecular complexity index is 1150. The van der Waals surface area contributed by atoms with E-state index in [4.69, 9.17) is 4.74 Å². The summed E-state index contributed by atoms with van der Waals surface area (Å²) >= 11 is 1.50.